The van der Waals surface area contributed by atoms with Crippen LogP contribution in [0, 0.1) is 5.82 Å². The van der Waals surface area contributed by atoms with Crippen LogP contribution in [0.4, 0.5) is 10.3 Å². The number of hydrogen-bond acceptors (Lipinski definition) is 7. The maximum Gasteiger partial charge on any atom is 0.338 e. The highest BCUT2D eigenvalue weighted by atomic mass is 19.1. The molecule has 0 saturated carbocycles. The molecular formula is C21H21FN4O5. The van der Waals surface area contributed by atoms with Crippen molar-refractivity contribution < 1.29 is 28.2 Å². The van der Waals surface area contributed by atoms with Crippen molar-refractivity contribution in [1.82, 2.24) is 14.6 Å². The van der Waals surface area contributed by atoms with Gasteiger partial charge in [0.25, 0.3) is 0 Å². The highest BCUT2D eigenvalue weighted by molar-refractivity contribution is 5.93. The minimum atomic E-state index is -1.06. The second-order valence-electron chi connectivity index (χ2n) is 7.41. The van der Waals surface area contributed by atoms with E-state index in [0.717, 1.165) is 0 Å². The van der Waals surface area contributed by atoms with Crippen molar-refractivity contribution in [2.45, 2.75) is 39.1 Å². The number of ether oxygens (including phenoxy) is 3. The highest BCUT2D eigenvalue weighted by Gasteiger charge is 2.42. The number of hydrogen-bond donors (Lipinski definition) is 1. The van der Waals surface area contributed by atoms with Gasteiger partial charge >= 0.3 is 5.97 Å². The zero-order valence-corrected chi connectivity index (χ0v) is 17.2. The normalized spacial score (nSPS) is 17.5. The first kappa shape index (κ1) is 20.7. The summed E-state index contributed by atoms with van der Waals surface area (Å²) in [5.41, 5.74) is 1.72. The van der Waals surface area contributed by atoms with E-state index in [2.05, 4.69) is 15.4 Å². The molecule has 1 atom stereocenters. The van der Waals surface area contributed by atoms with Crippen molar-refractivity contribution in [3.63, 3.8) is 0 Å². The topological polar surface area (TPSA) is 104 Å². The van der Waals surface area contributed by atoms with Gasteiger partial charge in [0.15, 0.2) is 11.8 Å². The molecule has 0 spiro atoms. The van der Waals surface area contributed by atoms with E-state index in [0.29, 0.717) is 29.1 Å². The van der Waals surface area contributed by atoms with Gasteiger partial charge in [0.2, 0.25) is 17.6 Å². The first-order valence-corrected chi connectivity index (χ1v) is 9.74. The number of cyclic esters (lactones) is 1. The molecule has 31 heavy (non-hydrogen) atoms. The second-order valence-corrected chi connectivity index (χ2v) is 7.41. The van der Waals surface area contributed by atoms with Crippen molar-refractivity contribution in [2.75, 3.05) is 11.9 Å². The molecule has 1 N–H and O–H groups in total. The number of nitrogens with zero attached hydrogens (tertiary/aromatic N) is 3. The van der Waals surface area contributed by atoms with E-state index in [-0.39, 0.29) is 18.2 Å². The standard InChI is InChI=1S/C21H21FN4O5/c1-4-29-15-7-6-13(22)9-14(15)12-5-8-17-23-20(25-26(17)11-12)24-18(27)10-16-19(28)31-21(2,3)30-16/h5-9,11,16H,4,10H2,1-3H3,(H,24,25,27)/t16-/m0/s1. The number of benzene rings is 1. The lowest BCUT2D eigenvalue weighted by molar-refractivity contribution is -0.160. The number of pyridine rings is 1. The minimum Gasteiger partial charge on any atom is -0.493 e. The molecule has 1 aliphatic rings. The fraction of sp³-hybridized carbons (Fsp3) is 0.333. The fourth-order valence-corrected chi connectivity index (χ4v) is 3.30. The second kappa shape index (κ2) is 7.95. The molecule has 10 heteroatoms. The maximum atomic E-state index is 13.8. The predicted octanol–water partition coefficient (Wildman–Crippen LogP) is 2.94. The van der Waals surface area contributed by atoms with Gasteiger partial charge in [-0.25, -0.2) is 13.7 Å². The summed E-state index contributed by atoms with van der Waals surface area (Å²) >= 11 is 0. The zero-order valence-electron chi connectivity index (χ0n) is 17.2. The van der Waals surface area contributed by atoms with Crippen molar-refractivity contribution in [3.05, 3.63) is 42.3 Å². The van der Waals surface area contributed by atoms with Crippen LogP contribution in [0.1, 0.15) is 27.2 Å². The average molecular weight is 428 g/mol. The molecule has 1 aliphatic heterocycles. The molecule has 0 aliphatic carbocycles. The lowest BCUT2D eigenvalue weighted by Crippen LogP contribution is -2.26. The van der Waals surface area contributed by atoms with E-state index < -0.39 is 23.8 Å². The van der Waals surface area contributed by atoms with E-state index in [1.165, 1.54) is 16.6 Å². The molecule has 0 unspecified atom stereocenters. The van der Waals surface area contributed by atoms with Gasteiger partial charge in [0, 0.05) is 31.2 Å². The SMILES string of the molecule is CCOc1ccc(F)cc1-c1ccc2nc(NC(=O)C[C@@H]3OC(C)(C)OC3=O)nn2c1. The minimum absolute atomic E-state index is 0.0667. The van der Waals surface area contributed by atoms with Crippen molar-refractivity contribution in [1.29, 1.82) is 0 Å². The Kier molecular flexibility index (Phi) is 5.32. The summed E-state index contributed by atoms with van der Waals surface area (Å²) in [4.78, 5) is 28.3. The van der Waals surface area contributed by atoms with Gasteiger partial charge in [0.1, 0.15) is 11.6 Å². The van der Waals surface area contributed by atoms with Gasteiger partial charge in [0.05, 0.1) is 13.0 Å². The molecule has 3 aromatic rings. The number of aromatic nitrogens is 3. The monoisotopic (exact) mass is 428 g/mol. The zero-order chi connectivity index (χ0) is 22.2. The van der Waals surface area contributed by atoms with Crippen LogP contribution in [0.3, 0.4) is 0 Å². The molecule has 3 heterocycles. The van der Waals surface area contributed by atoms with Gasteiger partial charge in [-0.15, -0.1) is 5.10 Å². The van der Waals surface area contributed by atoms with Crippen LogP contribution in [0.25, 0.3) is 16.8 Å². The Balaban J connectivity index is 1.53. The Hall–Kier alpha value is -3.53. The average Bonchev–Trinajstić information content (AvgIpc) is 3.20. The van der Waals surface area contributed by atoms with Crippen LogP contribution >= 0.6 is 0 Å². The summed E-state index contributed by atoms with van der Waals surface area (Å²) in [5, 5.41) is 6.79. The summed E-state index contributed by atoms with van der Waals surface area (Å²) in [6.45, 7) is 5.48. The van der Waals surface area contributed by atoms with Crippen LogP contribution in [0.15, 0.2) is 36.5 Å². The van der Waals surface area contributed by atoms with Gasteiger partial charge in [-0.1, -0.05) is 0 Å². The number of amides is 1. The van der Waals surface area contributed by atoms with E-state index >= 15 is 0 Å². The third-order valence-electron chi connectivity index (χ3n) is 4.54. The Bertz CT molecular complexity index is 1160. The number of halogens is 1. The summed E-state index contributed by atoms with van der Waals surface area (Å²) in [6, 6.07) is 7.74. The number of carbonyl (C=O) groups is 2. The Morgan fingerprint density at radius 2 is 2.13 bits per heavy atom. The highest BCUT2D eigenvalue weighted by Crippen LogP contribution is 2.31. The van der Waals surface area contributed by atoms with E-state index in [9.17, 15) is 14.0 Å². The third-order valence-corrected chi connectivity index (χ3v) is 4.54. The summed E-state index contributed by atoms with van der Waals surface area (Å²) in [7, 11) is 0. The molecule has 4 rings (SSSR count). The van der Waals surface area contributed by atoms with Gasteiger partial charge in [-0.05, 0) is 37.3 Å². The Morgan fingerprint density at radius 3 is 2.84 bits per heavy atom. The van der Waals surface area contributed by atoms with E-state index in [1.54, 1.807) is 38.2 Å². The maximum absolute atomic E-state index is 13.8. The molecular weight excluding hydrogens is 407 g/mol. The van der Waals surface area contributed by atoms with Crippen LogP contribution < -0.4 is 10.1 Å². The largest absolute Gasteiger partial charge is 0.493 e. The van der Waals surface area contributed by atoms with Crippen LogP contribution in [0.5, 0.6) is 5.75 Å². The number of fused-ring (bicyclic) bond motifs is 1. The van der Waals surface area contributed by atoms with Crippen molar-refractivity contribution >= 4 is 23.5 Å². The van der Waals surface area contributed by atoms with Crippen LogP contribution in [-0.4, -0.2) is 45.0 Å². The first-order chi connectivity index (χ1) is 14.7. The summed E-state index contributed by atoms with van der Waals surface area (Å²) in [5.74, 6) is -1.91. The van der Waals surface area contributed by atoms with Gasteiger partial charge < -0.3 is 14.2 Å². The summed E-state index contributed by atoms with van der Waals surface area (Å²) < 4.78 is 31.3. The van der Waals surface area contributed by atoms with Gasteiger partial charge in [-0.3, -0.25) is 10.1 Å². The molecule has 1 aromatic carbocycles. The number of esters is 1. The smallest absolute Gasteiger partial charge is 0.338 e. The number of rotatable bonds is 6. The molecule has 162 valence electrons. The lowest BCUT2D eigenvalue weighted by Gasteiger charge is -2.14. The molecule has 1 amide bonds. The first-order valence-electron chi connectivity index (χ1n) is 9.74. The van der Waals surface area contributed by atoms with Crippen LogP contribution in [0.2, 0.25) is 0 Å². The van der Waals surface area contributed by atoms with Crippen molar-refractivity contribution in [3.8, 4) is 16.9 Å². The molecule has 0 bridgehead atoms. The molecule has 2 aromatic heterocycles. The Morgan fingerprint density at radius 1 is 1.32 bits per heavy atom. The molecule has 0 radical (unpaired) electrons. The fourth-order valence-electron chi connectivity index (χ4n) is 3.30. The number of nitrogens with one attached hydrogen (secondary N) is 1. The molecule has 9 nitrogen and oxygen atoms in total. The lowest BCUT2D eigenvalue weighted by atomic mass is 10.1. The van der Waals surface area contributed by atoms with E-state index in [1.807, 2.05) is 6.92 Å². The predicted molar refractivity (Wildman–Crippen MR) is 108 cm³/mol. The van der Waals surface area contributed by atoms with Crippen LogP contribution in [-0.2, 0) is 19.1 Å². The Labute approximate surface area is 177 Å². The molecule has 1 saturated heterocycles. The van der Waals surface area contributed by atoms with Crippen molar-refractivity contribution in [2.24, 2.45) is 0 Å². The third kappa shape index (κ3) is 4.48. The van der Waals surface area contributed by atoms with E-state index in [4.69, 9.17) is 14.2 Å². The summed E-state index contributed by atoms with van der Waals surface area (Å²) in [6.07, 6.45) is 0.461. The molecule has 1 fully saturated rings. The number of anilines is 1. The quantitative estimate of drug-likeness (QED) is 0.602. The number of carbonyl (C=O) groups excluding carboxylic acids is 2. The van der Waals surface area contributed by atoms with Gasteiger partial charge in [-0.2, -0.15) is 4.98 Å².